The van der Waals surface area contributed by atoms with Crippen molar-refractivity contribution in [3.05, 3.63) is 84.1 Å². The van der Waals surface area contributed by atoms with E-state index in [1.54, 1.807) is 35.2 Å². The number of rotatable bonds is 8. The summed E-state index contributed by atoms with van der Waals surface area (Å²) in [6, 6.07) is 14.1. The molecular weight excluding hydrogens is 409 g/mol. The Bertz CT molecular complexity index is 1090. The second-order valence-corrected chi connectivity index (χ2v) is 8.74. The average molecular weight is 431 g/mol. The molecule has 0 N–H and O–H groups in total. The summed E-state index contributed by atoms with van der Waals surface area (Å²) in [5.74, 6) is -0.225. The number of halogens is 1. The molecule has 0 atom stereocenters. The van der Waals surface area contributed by atoms with Crippen LogP contribution in [0.1, 0.15) is 30.0 Å². The molecule has 8 heteroatoms. The van der Waals surface area contributed by atoms with Gasteiger partial charge in [0.1, 0.15) is 16.5 Å². The Hall–Kier alpha value is -3.13. The minimum atomic E-state index is -4.11. The first-order chi connectivity index (χ1) is 14.2. The summed E-state index contributed by atoms with van der Waals surface area (Å²) in [5, 5.41) is 0. The predicted molar refractivity (Wildman–Crippen MR) is 109 cm³/mol. The number of carbonyl (C=O) groups is 1. The summed E-state index contributed by atoms with van der Waals surface area (Å²) < 4.78 is 48.3. The topological polar surface area (TPSA) is 76.8 Å². The molecule has 0 aliphatic heterocycles. The van der Waals surface area contributed by atoms with Gasteiger partial charge in [0.15, 0.2) is 5.76 Å². The van der Waals surface area contributed by atoms with Crippen molar-refractivity contribution in [1.29, 1.82) is 0 Å². The summed E-state index contributed by atoms with van der Waals surface area (Å²) in [6.07, 6.45) is 1.44. The average Bonchev–Trinajstić information content (AvgIpc) is 3.21. The smallest absolute Gasteiger partial charge is 0.339 e. The third kappa shape index (κ3) is 5.48. The SMILES string of the molecule is CC(C)CN(Cc1cccc(OS(=O)(=O)c2ccc(F)cc2)c1)C(=O)c1ccco1. The quantitative estimate of drug-likeness (QED) is 0.492. The molecule has 0 aliphatic rings. The first-order valence-corrected chi connectivity index (χ1v) is 10.8. The Labute approximate surface area is 175 Å². The lowest BCUT2D eigenvalue weighted by Crippen LogP contribution is -2.33. The zero-order chi connectivity index (χ0) is 21.7. The van der Waals surface area contributed by atoms with E-state index in [1.165, 1.54) is 12.3 Å². The van der Waals surface area contributed by atoms with Crippen molar-refractivity contribution in [1.82, 2.24) is 4.90 Å². The van der Waals surface area contributed by atoms with Crippen LogP contribution in [0.3, 0.4) is 0 Å². The molecule has 0 fully saturated rings. The highest BCUT2D eigenvalue weighted by Gasteiger charge is 2.21. The van der Waals surface area contributed by atoms with E-state index in [0.717, 1.165) is 24.3 Å². The summed E-state index contributed by atoms with van der Waals surface area (Å²) in [6.45, 7) is 4.75. The number of benzene rings is 2. The van der Waals surface area contributed by atoms with Crippen LogP contribution in [0.25, 0.3) is 0 Å². The van der Waals surface area contributed by atoms with E-state index in [4.69, 9.17) is 8.60 Å². The molecule has 1 heterocycles. The number of hydrogen-bond acceptors (Lipinski definition) is 5. The van der Waals surface area contributed by atoms with Gasteiger partial charge in [0.05, 0.1) is 6.26 Å². The van der Waals surface area contributed by atoms with E-state index < -0.39 is 15.9 Å². The first-order valence-electron chi connectivity index (χ1n) is 9.36. The van der Waals surface area contributed by atoms with E-state index >= 15 is 0 Å². The monoisotopic (exact) mass is 431 g/mol. The van der Waals surface area contributed by atoms with Crippen LogP contribution in [0, 0.1) is 11.7 Å². The normalized spacial score (nSPS) is 11.5. The van der Waals surface area contributed by atoms with Crippen molar-refractivity contribution in [2.24, 2.45) is 5.92 Å². The maximum Gasteiger partial charge on any atom is 0.339 e. The lowest BCUT2D eigenvalue weighted by molar-refractivity contribution is 0.0690. The molecular formula is C22H22FNO5S. The van der Waals surface area contributed by atoms with Gasteiger partial charge in [-0.15, -0.1) is 0 Å². The van der Waals surface area contributed by atoms with Gasteiger partial charge in [-0.1, -0.05) is 26.0 Å². The number of furan rings is 1. The molecule has 0 unspecified atom stereocenters. The van der Waals surface area contributed by atoms with Crippen LogP contribution in [-0.2, 0) is 16.7 Å². The highest BCUT2D eigenvalue weighted by molar-refractivity contribution is 7.87. The number of hydrogen-bond donors (Lipinski definition) is 0. The van der Waals surface area contributed by atoms with Crippen molar-refractivity contribution in [3.63, 3.8) is 0 Å². The minimum Gasteiger partial charge on any atom is -0.459 e. The van der Waals surface area contributed by atoms with Crippen LogP contribution < -0.4 is 4.18 Å². The van der Waals surface area contributed by atoms with Crippen molar-refractivity contribution in [3.8, 4) is 5.75 Å². The largest absolute Gasteiger partial charge is 0.459 e. The lowest BCUT2D eigenvalue weighted by Gasteiger charge is -2.24. The number of carbonyl (C=O) groups excluding carboxylic acids is 1. The van der Waals surface area contributed by atoms with E-state index in [0.29, 0.717) is 12.1 Å². The van der Waals surface area contributed by atoms with Gasteiger partial charge < -0.3 is 13.5 Å². The maximum atomic E-state index is 13.1. The van der Waals surface area contributed by atoms with Gasteiger partial charge in [0.25, 0.3) is 5.91 Å². The standard InChI is InChI=1S/C22H22FNO5S/c1-16(2)14-24(22(25)21-7-4-12-28-21)15-17-5-3-6-19(13-17)29-30(26,27)20-10-8-18(23)9-11-20/h3-13,16H,14-15H2,1-2H3. The fourth-order valence-corrected chi connectivity index (χ4v) is 3.83. The third-order valence-electron chi connectivity index (χ3n) is 4.18. The molecule has 0 aliphatic carbocycles. The molecule has 3 rings (SSSR count). The van der Waals surface area contributed by atoms with Crippen LogP contribution in [-0.4, -0.2) is 25.8 Å². The zero-order valence-electron chi connectivity index (χ0n) is 16.6. The third-order valence-corrected chi connectivity index (χ3v) is 5.45. The molecule has 0 radical (unpaired) electrons. The number of amides is 1. The molecule has 6 nitrogen and oxygen atoms in total. The highest BCUT2D eigenvalue weighted by atomic mass is 32.2. The molecule has 30 heavy (non-hydrogen) atoms. The van der Waals surface area contributed by atoms with Crippen LogP contribution >= 0.6 is 0 Å². The molecule has 0 spiro atoms. The van der Waals surface area contributed by atoms with Gasteiger partial charge in [0.2, 0.25) is 0 Å². The Morgan fingerprint density at radius 3 is 2.47 bits per heavy atom. The van der Waals surface area contributed by atoms with Gasteiger partial charge >= 0.3 is 10.1 Å². The molecule has 0 bridgehead atoms. The molecule has 0 saturated carbocycles. The second-order valence-electron chi connectivity index (χ2n) is 7.20. The van der Waals surface area contributed by atoms with E-state index in [1.807, 2.05) is 13.8 Å². The van der Waals surface area contributed by atoms with Crippen LogP contribution in [0.5, 0.6) is 5.75 Å². The maximum absolute atomic E-state index is 13.1. The Kier molecular flexibility index (Phi) is 6.56. The first kappa shape index (κ1) is 21.6. The number of nitrogens with zero attached hydrogens (tertiary/aromatic N) is 1. The highest BCUT2D eigenvalue weighted by Crippen LogP contribution is 2.22. The van der Waals surface area contributed by atoms with Gasteiger partial charge in [-0.25, -0.2) is 4.39 Å². The molecule has 2 aromatic carbocycles. The summed E-state index contributed by atoms with van der Waals surface area (Å²) in [5.41, 5.74) is 0.697. The van der Waals surface area contributed by atoms with Crippen molar-refractivity contribution in [2.75, 3.05) is 6.54 Å². The van der Waals surface area contributed by atoms with Crippen LogP contribution in [0.15, 0.2) is 76.2 Å². The molecule has 158 valence electrons. The van der Waals surface area contributed by atoms with Crippen molar-refractivity contribution < 1.29 is 26.2 Å². The van der Waals surface area contributed by atoms with E-state index in [-0.39, 0.29) is 34.8 Å². The zero-order valence-corrected chi connectivity index (χ0v) is 17.4. The second kappa shape index (κ2) is 9.13. The molecule has 0 saturated heterocycles. The van der Waals surface area contributed by atoms with Crippen molar-refractivity contribution in [2.45, 2.75) is 25.3 Å². The van der Waals surface area contributed by atoms with E-state index in [2.05, 4.69) is 0 Å². The van der Waals surface area contributed by atoms with Crippen molar-refractivity contribution >= 4 is 16.0 Å². The Balaban J connectivity index is 1.79. The molecule has 1 aromatic heterocycles. The van der Waals surface area contributed by atoms with Gasteiger partial charge in [-0.2, -0.15) is 8.42 Å². The van der Waals surface area contributed by atoms with Gasteiger partial charge in [0, 0.05) is 13.1 Å². The van der Waals surface area contributed by atoms with E-state index in [9.17, 15) is 17.6 Å². The van der Waals surface area contributed by atoms with Gasteiger partial charge in [-0.05, 0) is 60.0 Å². The Morgan fingerprint density at radius 2 is 1.83 bits per heavy atom. The summed E-state index contributed by atoms with van der Waals surface area (Å²) in [4.78, 5) is 14.2. The van der Waals surface area contributed by atoms with Crippen LogP contribution in [0.4, 0.5) is 4.39 Å². The fraction of sp³-hybridized carbons (Fsp3) is 0.227. The molecule has 1 amide bonds. The predicted octanol–water partition coefficient (Wildman–Crippen LogP) is 4.48. The summed E-state index contributed by atoms with van der Waals surface area (Å²) in [7, 11) is -4.11. The minimum absolute atomic E-state index is 0.103. The summed E-state index contributed by atoms with van der Waals surface area (Å²) >= 11 is 0. The Morgan fingerprint density at radius 1 is 1.10 bits per heavy atom. The van der Waals surface area contributed by atoms with Crippen LogP contribution in [0.2, 0.25) is 0 Å². The molecule has 3 aromatic rings. The van der Waals surface area contributed by atoms with Gasteiger partial charge in [-0.3, -0.25) is 4.79 Å². The lowest BCUT2D eigenvalue weighted by atomic mass is 10.1. The fourth-order valence-electron chi connectivity index (χ4n) is 2.91.